The second-order valence-corrected chi connectivity index (χ2v) is 5.46. The molecule has 2 rings (SSSR count). The fourth-order valence-corrected chi connectivity index (χ4v) is 2.26. The van der Waals surface area contributed by atoms with Crippen LogP contribution in [0.4, 0.5) is 0 Å². The van der Waals surface area contributed by atoms with Crippen molar-refractivity contribution in [2.45, 2.75) is 26.7 Å². The van der Waals surface area contributed by atoms with Crippen molar-refractivity contribution >= 4 is 11.0 Å². The summed E-state index contributed by atoms with van der Waals surface area (Å²) < 4.78 is 2.19. The van der Waals surface area contributed by atoms with Gasteiger partial charge in [-0.25, -0.2) is 4.98 Å². The maximum atomic E-state index is 5.65. The number of fused-ring (bicyclic) bond motifs is 1. The molecule has 0 bridgehead atoms. The highest BCUT2D eigenvalue weighted by atomic mass is 15.1. The summed E-state index contributed by atoms with van der Waals surface area (Å²) in [5.74, 6) is 1.14. The molecule has 0 aliphatic rings. The first-order chi connectivity index (χ1) is 8.03. The molecule has 0 fully saturated rings. The molecule has 3 heteroatoms. The molecule has 1 aromatic carbocycles. The first kappa shape index (κ1) is 12.1. The summed E-state index contributed by atoms with van der Waals surface area (Å²) in [7, 11) is 2.09. The fourth-order valence-electron chi connectivity index (χ4n) is 2.26. The Kier molecular flexibility index (Phi) is 3.20. The Labute approximate surface area is 103 Å². The predicted molar refractivity (Wildman–Crippen MR) is 71.9 cm³/mol. The number of imidazole rings is 1. The van der Waals surface area contributed by atoms with Crippen molar-refractivity contribution in [1.82, 2.24) is 9.55 Å². The lowest BCUT2D eigenvalue weighted by atomic mass is 9.85. The summed E-state index contributed by atoms with van der Waals surface area (Å²) >= 11 is 0. The summed E-state index contributed by atoms with van der Waals surface area (Å²) in [6.45, 7) is 5.23. The van der Waals surface area contributed by atoms with E-state index in [1.807, 2.05) is 6.07 Å². The van der Waals surface area contributed by atoms with Crippen LogP contribution in [0.3, 0.4) is 0 Å². The Morgan fingerprint density at radius 3 is 2.65 bits per heavy atom. The summed E-state index contributed by atoms with van der Waals surface area (Å²) in [6.07, 6.45) is 1.99. The number of nitrogens with zero attached hydrogens (tertiary/aromatic N) is 2. The van der Waals surface area contributed by atoms with E-state index in [0.717, 1.165) is 30.7 Å². The highest BCUT2D eigenvalue weighted by Crippen LogP contribution is 2.26. The van der Waals surface area contributed by atoms with Crippen LogP contribution in [0.25, 0.3) is 11.0 Å². The maximum absolute atomic E-state index is 5.65. The van der Waals surface area contributed by atoms with E-state index in [1.165, 1.54) is 5.52 Å². The van der Waals surface area contributed by atoms with E-state index >= 15 is 0 Å². The molecule has 1 heterocycles. The molecule has 0 aliphatic heterocycles. The van der Waals surface area contributed by atoms with Gasteiger partial charge in [0.2, 0.25) is 0 Å². The molecule has 2 aromatic rings. The summed E-state index contributed by atoms with van der Waals surface area (Å²) in [5, 5.41) is 0. The number of para-hydroxylation sites is 2. The van der Waals surface area contributed by atoms with Gasteiger partial charge < -0.3 is 10.3 Å². The molecular formula is C14H21N3. The van der Waals surface area contributed by atoms with Gasteiger partial charge in [-0.3, -0.25) is 0 Å². The zero-order chi connectivity index (χ0) is 12.5. The van der Waals surface area contributed by atoms with Crippen molar-refractivity contribution in [2.24, 2.45) is 18.2 Å². The lowest BCUT2D eigenvalue weighted by molar-refractivity contribution is 0.328. The Hall–Kier alpha value is -1.35. The molecule has 0 radical (unpaired) electrons. The topological polar surface area (TPSA) is 43.8 Å². The normalized spacial score (nSPS) is 12.2. The molecule has 0 aliphatic carbocycles. The van der Waals surface area contributed by atoms with Crippen LogP contribution in [-0.2, 0) is 13.5 Å². The Bertz CT molecular complexity index is 511. The average molecular weight is 231 g/mol. The molecule has 1 aromatic heterocycles. The second kappa shape index (κ2) is 4.49. The van der Waals surface area contributed by atoms with Crippen LogP contribution in [0.2, 0.25) is 0 Å². The van der Waals surface area contributed by atoms with Gasteiger partial charge in [0.15, 0.2) is 0 Å². The van der Waals surface area contributed by atoms with Crippen molar-refractivity contribution < 1.29 is 0 Å². The number of benzene rings is 1. The maximum Gasteiger partial charge on any atom is 0.110 e. The average Bonchev–Trinajstić information content (AvgIpc) is 2.56. The standard InChI is InChI=1S/C14H21N3/c1-14(2,8-9-15)10-13-16-11-6-4-5-7-12(11)17(13)3/h4-7H,8-10,15H2,1-3H3. The van der Waals surface area contributed by atoms with Gasteiger partial charge in [-0.05, 0) is 30.5 Å². The minimum absolute atomic E-state index is 0.212. The number of rotatable bonds is 4. The molecule has 3 nitrogen and oxygen atoms in total. The molecule has 0 spiro atoms. The molecule has 2 N–H and O–H groups in total. The van der Waals surface area contributed by atoms with Crippen LogP contribution in [0.5, 0.6) is 0 Å². The number of hydrogen-bond donors (Lipinski definition) is 1. The molecular weight excluding hydrogens is 210 g/mol. The minimum Gasteiger partial charge on any atom is -0.331 e. The van der Waals surface area contributed by atoms with E-state index in [9.17, 15) is 0 Å². The van der Waals surface area contributed by atoms with Gasteiger partial charge in [0.25, 0.3) is 0 Å². The zero-order valence-corrected chi connectivity index (χ0v) is 10.9. The lowest BCUT2D eigenvalue weighted by Crippen LogP contribution is -2.21. The van der Waals surface area contributed by atoms with E-state index in [-0.39, 0.29) is 5.41 Å². The van der Waals surface area contributed by atoms with Gasteiger partial charge in [-0.1, -0.05) is 26.0 Å². The molecule has 0 saturated heterocycles. The van der Waals surface area contributed by atoms with E-state index in [4.69, 9.17) is 10.7 Å². The predicted octanol–water partition coefficient (Wildman–Crippen LogP) is 2.49. The molecule has 0 amide bonds. The first-order valence-corrected chi connectivity index (χ1v) is 6.14. The third-order valence-corrected chi connectivity index (χ3v) is 3.34. The quantitative estimate of drug-likeness (QED) is 0.878. The number of aromatic nitrogens is 2. The third kappa shape index (κ3) is 2.50. The highest BCUT2D eigenvalue weighted by Gasteiger charge is 2.20. The van der Waals surface area contributed by atoms with Crippen LogP contribution in [0, 0.1) is 5.41 Å². The summed E-state index contributed by atoms with van der Waals surface area (Å²) in [4.78, 5) is 4.70. The van der Waals surface area contributed by atoms with Crippen molar-refractivity contribution in [1.29, 1.82) is 0 Å². The van der Waals surface area contributed by atoms with Gasteiger partial charge in [-0.2, -0.15) is 0 Å². The van der Waals surface area contributed by atoms with Crippen LogP contribution < -0.4 is 5.73 Å². The zero-order valence-electron chi connectivity index (χ0n) is 10.9. The summed E-state index contributed by atoms with van der Waals surface area (Å²) in [5.41, 5.74) is 8.14. The Balaban J connectivity index is 2.33. The van der Waals surface area contributed by atoms with Crippen molar-refractivity contribution in [3.8, 4) is 0 Å². The highest BCUT2D eigenvalue weighted by molar-refractivity contribution is 5.75. The van der Waals surface area contributed by atoms with E-state index in [0.29, 0.717) is 0 Å². The molecule has 0 atom stereocenters. The van der Waals surface area contributed by atoms with Crippen molar-refractivity contribution in [3.63, 3.8) is 0 Å². The van der Waals surface area contributed by atoms with Crippen LogP contribution >= 0.6 is 0 Å². The van der Waals surface area contributed by atoms with Crippen LogP contribution in [-0.4, -0.2) is 16.1 Å². The van der Waals surface area contributed by atoms with Gasteiger partial charge in [0, 0.05) is 13.5 Å². The van der Waals surface area contributed by atoms with Crippen LogP contribution in [0.15, 0.2) is 24.3 Å². The number of aryl methyl sites for hydroxylation is 1. The van der Waals surface area contributed by atoms with E-state index in [1.54, 1.807) is 0 Å². The molecule has 17 heavy (non-hydrogen) atoms. The second-order valence-electron chi connectivity index (χ2n) is 5.46. The van der Waals surface area contributed by atoms with E-state index in [2.05, 4.69) is 43.7 Å². The third-order valence-electron chi connectivity index (χ3n) is 3.34. The lowest BCUT2D eigenvalue weighted by Gasteiger charge is -2.23. The minimum atomic E-state index is 0.212. The summed E-state index contributed by atoms with van der Waals surface area (Å²) in [6, 6.07) is 8.26. The first-order valence-electron chi connectivity index (χ1n) is 6.14. The fraction of sp³-hybridized carbons (Fsp3) is 0.500. The van der Waals surface area contributed by atoms with E-state index < -0.39 is 0 Å². The van der Waals surface area contributed by atoms with Crippen LogP contribution in [0.1, 0.15) is 26.1 Å². The number of nitrogens with two attached hydrogens (primary N) is 1. The number of hydrogen-bond acceptors (Lipinski definition) is 2. The van der Waals surface area contributed by atoms with Gasteiger partial charge in [0.1, 0.15) is 5.82 Å². The molecule has 0 unspecified atom stereocenters. The van der Waals surface area contributed by atoms with Gasteiger partial charge in [-0.15, -0.1) is 0 Å². The SMILES string of the molecule is Cn1c(CC(C)(C)CCN)nc2ccccc21. The molecule has 0 saturated carbocycles. The smallest absolute Gasteiger partial charge is 0.110 e. The van der Waals surface area contributed by atoms with Gasteiger partial charge >= 0.3 is 0 Å². The largest absolute Gasteiger partial charge is 0.331 e. The molecule has 92 valence electrons. The Morgan fingerprint density at radius 1 is 1.29 bits per heavy atom. The van der Waals surface area contributed by atoms with Gasteiger partial charge in [0.05, 0.1) is 11.0 Å². The Morgan fingerprint density at radius 2 is 2.00 bits per heavy atom. The van der Waals surface area contributed by atoms with Crippen molar-refractivity contribution in [2.75, 3.05) is 6.54 Å². The van der Waals surface area contributed by atoms with Crippen molar-refractivity contribution in [3.05, 3.63) is 30.1 Å². The monoisotopic (exact) mass is 231 g/mol.